The van der Waals surface area contributed by atoms with Crippen molar-refractivity contribution >= 4 is 16.1 Å². The van der Waals surface area contributed by atoms with E-state index in [0.29, 0.717) is 0 Å². The van der Waals surface area contributed by atoms with Crippen molar-refractivity contribution in [1.82, 2.24) is 0 Å². The first kappa shape index (κ1) is 10.1. The molecule has 0 rings (SSSR count). The molecule has 0 aliphatic heterocycles. The van der Waals surface area contributed by atoms with E-state index in [1.807, 2.05) is 0 Å². The maximum atomic E-state index is 10.3. The molecule has 0 heterocycles. The molecule has 0 aromatic heterocycles. The summed E-state index contributed by atoms with van der Waals surface area (Å²) in [7, 11) is -4.56. The van der Waals surface area contributed by atoms with Crippen molar-refractivity contribution in [2.45, 2.75) is 13.3 Å². The Morgan fingerprint density at radius 2 is 2.00 bits per heavy atom. The van der Waals surface area contributed by atoms with Gasteiger partial charge in [-0.3, -0.25) is 4.55 Å². The van der Waals surface area contributed by atoms with E-state index in [1.165, 1.54) is 0 Å². The Morgan fingerprint density at radius 3 is 2.09 bits per heavy atom. The molecule has 2 N–H and O–H groups in total. The Hall–Kier alpha value is -0.880. The molecule has 0 bridgehead atoms. The van der Waals surface area contributed by atoms with Crippen molar-refractivity contribution in [3.05, 3.63) is 11.0 Å². The summed E-state index contributed by atoms with van der Waals surface area (Å²) in [5.74, 6) is -1.64. The van der Waals surface area contributed by atoms with Crippen molar-refractivity contribution in [1.29, 1.82) is 0 Å². The van der Waals surface area contributed by atoms with Crippen molar-refractivity contribution in [3.8, 4) is 0 Å². The molecule has 0 aromatic carbocycles. The van der Waals surface area contributed by atoms with Crippen LogP contribution < -0.4 is 0 Å². The normalized spacial score (nSPS) is 13.1. The molecule has 0 unspecified atom stereocenters. The van der Waals surface area contributed by atoms with E-state index in [-0.39, 0.29) is 6.42 Å². The van der Waals surface area contributed by atoms with Crippen LogP contribution in [-0.4, -0.2) is 24.0 Å². The maximum Gasteiger partial charge on any atom is 0.349 e. The second kappa shape index (κ2) is 3.49. The summed E-state index contributed by atoms with van der Waals surface area (Å²) in [4.78, 5) is 9.16. The van der Waals surface area contributed by atoms with Crippen LogP contribution in [0.15, 0.2) is 11.0 Å². The second-order valence-electron chi connectivity index (χ2n) is 1.76. The average molecular weight is 180 g/mol. The first-order chi connectivity index (χ1) is 4.89. The Balaban J connectivity index is 4.95. The van der Waals surface area contributed by atoms with Crippen LogP contribution in [0.25, 0.3) is 0 Å². The van der Waals surface area contributed by atoms with Gasteiger partial charge in [0.25, 0.3) is 0 Å². The number of allylic oxidation sites excluding steroid dienone is 1. The quantitative estimate of drug-likeness (QED) is 0.480. The predicted octanol–water partition coefficient (Wildman–Crippen LogP) is 0.253. The van der Waals surface area contributed by atoms with Crippen molar-refractivity contribution in [2.24, 2.45) is 0 Å². The van der Waals surface area contributed by atoms with E-state index in [0.717, 1.165) is 6.08 Å². The van der Waals surface area contributed by atoms with Crippen LogP contribution in [0.1, 0.15) is 13.3 Å². The molecule has 0 saturated carbocycles. The lowest BCUT2D eigenvalue weighted by atomic mass is 10.4. The molecular formula is C5H8O5S. The molecule has 0 saturated heterocycles. The van der Waals surface area contributed by atoms with Gasteiger partial charge in [0.1, 0.15) is 0 Å². The van der Waals surface area contributed by atoms with Gasteiger partial charge >= 0.3 is 16.1 Å². The van der Waals surface area contributed by atoms with Gasteiger partial charge < -0.3 is 5.11 Å². The summed E-state index contributed by atoms with van der Waals surface area (Å²) < 4.78 is 28.8. The zero-order valence-corrected chi connectivity index (χ0v) is 6.63. The third-order valence-corrected chi connectivity index (χ3v) is 1.78. The highest BCUT2D eigenvalue weighted by molar-refractivity contribution is 7.90. The van der Waals surface area contributed by atoms with Gasteiger partial charge in [-0.05, 0) is 6.42 Å². The molecule has 11 heavy (non-hydrogen) atoms. The minimum atomic E-state index is -4.56. The van der Waals surface area contributed by atoms with Gasteiger partial charge in [-0.25, -0.2) is 4.79 Å². The van der Waals surface area contributed by atoms with E-state index in [2.05, 4.69) is 0 Å². The van der Waals surface area contributed by atoms with Gasteiger partial charge in [0.15, 0.2) is 4.91 Å². The molecule has 0 aromatic rings. The number of carboxylic acid groups (broad SMARTS) is 1. The number of carboxylic acids is 1. The van der Waals surface area contributed by atoms with Crippen LogP contribution in [-0.2, 0) is 14.9 Å². The molecule has 0 aliphatic rings. The fourth-order valence-corrected chi connectivity index (χ4v) is 1.09. The smallest absolute Gasteiger partial charge is 0.349 e. The topological polar surface area (TPSA) is 91.7 Å². The van der Waals surface area contributed by atoms with E-state index < -0.39 is 21.0 Å². The third kappa shape index (κ3) is 3.15. The van der Waals surface area contributed by atoms with Gasteiger partial charge in [0.2, 0.25) is 0 Å². The van der Waals surface area contributed by atoms with Crippen LogP contribution in [0.5, 0.6) is 0 Å². The summed E-state index contributed by atoms with van der Waals surface area (Å²) in [5, 5.41) is 8.23. The van der Waals surface area contributed by atoms with Gasteiger partial charge in [-0.2, -0.15) is 8.42 Å². The highest BCUT2D eigenvalue weighted by Crippen LogP contribution is 2.04. The number of aliphatic carboxylic acids is 1. The summed E-state index contributed by atoms with van der Waals surface area (Å²) in [5.41, 5.74) is 0. The van der Waals surface area contributed by atoms with Crippen LogP contribution >= 0.6 is 0 Å². The highest BCUT2D eigenvalue weighted by Gasteiger charge is 2.20. The number of carbonyl (C=O) groups is 1. The monoisotopic (exact) mass is 180 g/mol. The fraction of sp³-hybridized carbons (Fsp3) is 0.400. The Labute approximate surface area is 64.1 Å². The van der Waals surface area contributed by atoms with Crippen LogP contribution in [0.4, 0.5) is 0 Å². The first-order valence-electron chi connectivity index (χ1n) is 2.80. The van der Waals surface area contributed by atoms with Crippen molar-refractivity contribution in [2.75, 3.05) is 0 Å². The summed E-state index contributed by atoms with van der Waals surface area (Å²) >= 11 is 0. The number of hydrogen-bond acceptors (Lipinski definition) is 3. The number of hydrogen-bond donors (Lipinski definition) is 2. The molecule has 0 amide bonds. The summed E-state index contributed by atoms with van der Waals surface area (Å²) in [6.07, 6.45) is 1.17. The van der Waals surface area contributed by atoms with Crippen molar-refractivity contribution in [3.63, 3.8) is 0 Å². The standard InChI is InChI=1S/C5H8O5S/c1-2-3-4(5(6)7)11(8,9)10/h3H,2H2,1H3,(H,6,7)(H,8,9,10)/b4-3-. The van der Waals surface area contributed by atoms with Gasteiger partial charge in [-0.1, -0.05) is 13.0 Å². The lowest BCUT2D eigenvalue weighted by Gasteiger charge is -1.94. The van der Waals surface area contributed by atoms with E-state index >= 15 is 0 Å². The molecule has 0 radical (unpaired) electrons. The zero-order valence-electron chi connectivity index (χ0n) is 5.81. The minimum absolute atomic E-state index is 0.238. The van der Waals surface area contributed by atoms with E-state index in [4.69, 9.17) is 9.66 Å². The zero-order chi connectivity index (χ0) is 9.07. The van der Waals surface area contributed by atoms with Crippen LogP contribution in [0.3, 0.4) is 0 Å². The molecule has 64 valence electrons. The van der Waals surface area contributed by atoms with Crippen LogP contribution in [0, 0.1) is 0 Å². The Kier molecular flexibility index (Phi) is 3.21. The largest absolute Gasteiger partial charge is 0.477 e. The molecular weight excluding hydrogens is 172 g/mol. The minimum Gasteiger partial charge on any atom is -0.477 e. The van der Waals surface area contributed by atoms with Gasteiger partial charge in [0.05, 0.1) is 0 Å². The first-order valence-corrected chi connectivity index (χ1v) is 4.24. The highest BCUT2D eigenvalue weighted by atomic mass is 32.2. The average Bonchev–Trinajstić information content (AvgIpc) is 1.79. The Bertz CT molecular complexity index is 273. The summed E-state index contributed by atoms with van der Waals surface area (Å²) in [6.45, 7) is 1.56. The molecule has 6 heteroatoms. The predicted molar refractivity (Wildman–Crippen MR) is 37.6 cm³/mol. The lowest BCUT2D eigenvalue weighted by molar-refractivity contribution is -0.131. The number of rotatable bonds is 3. The third-order valence-electron chi connectivity index (χ3n) is 0.878. The molecule has 0 fully saturated rings. The molecule has 0 spiro atoms. The van der Waals surface area contributed by atoms with Gasteiger partial charge in [-0.15, -0.1) is 0 Å². The molecule has 5 nitrogen and oxygen atoms in total. The van der Waals surface area contributed by atoms with E-state index in [9.17, 15) is 13.2 Å². The van der Waals surface area contributed by atoms with Crippen molar-refractivity contribution < 1.29 is 22.9 Å². The van der Waals surface area contributed by atoms with Gasteiger partial charge in [0, 0.05) is 0 Å². The lowest BCUT2D eigenvalue weighted by Crippen LogP contribution is -2.11. The second-order valence-corrected chi connectivity index (χ2v) is 3.15. The maximum absolute atomic E-state index is 10.3. The molecule has 0 aliphatic carbocycles. The Morgan fingerprint density at radius 1 is 1.55 bits per heavy atom. The van der Waals surface area contributed by atoms with E-state index in [1.54, 1.807) is 6.92 Å². The molecule has 0 atom stereocenters. The SMILES string of the molecule is CC/C=C(/C(=O)O)S(=O)(=O)O. The van der Waals surface area contributed by atoms with Crippen LogP contribution in [0.2, 0.25) is 0 Å². The summed E-state index contributed by atoms with van der Waals surface area (Å²) in [6, 6.07) is 0. The fourth-order valence-electron chi connectivity index (χ4n) is 0.488.